The number of carbonyl (C=O) groups is 2. The number of halogens is 2. The van der Waals surface area contributed by atoms with Crippen molar-refractivity contribution in [3.63, 3.8) is 0 Å². The van der Waals surface area contributed by atoms with Gasteiger partial charge in [0.2, 0.25) is 11.8 Å². The van der Waals surface area contributed by atoms with Gasteiger partial charge < -0.3 is 20.4 Å². The van der Waals surface area contributed by atoms with Crippen molar-refractivity contribution in [3.8, 4) is 0 Å². The standard InChI is InChI=1S/C23H27ClFN5O2/c1-29-7-2-8-30(10-9-29)23(32)19(11-15-3-5-17(25)6-4-15)28-22(31)18-12-16-13-21(24)26-14-20(16)27-18/h3-6,13-14,18-19,27H,2,7-12H2,1H3,(H,28,31)/t18?,19-/m0/s1. The van der Waals surface area contributed by atoms with Crippen molar-refractivity contribution in [2.75, 3.05) is 38.5 Å². The van der Waals surface area contributed by atoms with Crippen molar-refractivity contribution in [2.45, 2.75) is 31.3 Å². The number of hydrogen-bond donors (Lipinski definition) is 2. The number of aromatic nitrogens is 1. The van der Waals surface area contributed by atoms with Gasteiger partial charge in [0.15, 0.2) is 0 Å². The Balaban J connectivity index is 1.48. The lowest BCUT2D eigenvalue weighted by Crippen LogP contribution is -2.53. The molecule has 2 aromatic rings. The first-order chi connectivity index (χ1) is 15.4. The fourth-order valence-corrected chi connectivity index (χ4v) is 4.38. The fraction of sp³-hybridized carbons (Fsp3) is 0.435. The van der Waals surface area contributed by atoms with Gasteiger partial charge in [-0.15, -0.1) is 0 Å². The average molecular weight is 460 g/mol. The predicted octanol–water partition coefficient (Wildman–Crippen LogP) is 2.10. The summed E-state index contributed by atoms with van der Waals surface area (Å²) in [5, 5.41) is 6.48. The normalized spacial score (nSPS) is 19.6. The molecule has 0 spiro atoms. The molecule has 170 valence electrons. The number of hydrogen-bond acceptors (Lipinski definition) is 5. The Bertz CT molecular complexity index is 987. The molecule has 0 saturated carbocycles. The first-order valence-corrected chi connectivity index (χ1v) is 11.2. The summed E-state index contributed by atoms with van der Waals surface area (Å²) in [6, 6.07) is 6.53. The van der Waals surface area contributed by atoms with Gasteiger partial charge >= 0.3 is 0 Å². The highest BCUT2D eigenvalue weighted by molar-refractivity contribution is 6.29. The Morgan fingerprint density at radius 2 is 2.03 bits per heavy atom. The van der Waals surface area contributed by atoms with Gasteiger partial charge in [0, 0.05) is 32.5 Å². The molecule has 2 amide bonds. The average Bonchev–Trinajstić information content (AvgIpc) is 3.07. The third kappa shape index (κ3) is 5.37. The van der Waals surface area contributed by atoms with Crippen LogP contribution in [0.25, 0.3) is 0 Å². The van der Waals surface area contributed by atoms with Gasteiger partial charge in [-0.05, 0) is 49.3 Å². The maximum atomic E-state index is 13.4. The largest absolute Gasteiger partial charge is 0.372 e. The number of pyridine rings is 1. The summed E-state index contributed by atoms with van der Waals surface area (Å²) in [6.07, 6.45) is 3.26. The summed E-state index contributed by atoms with van der Waals surface area (Å²) < 4.78 is 13.4. The van der Waals surface area contributed by atoms with Crippen molar-refractivity contribution in [2.24, 2.45) is 0 Å². The molecule has 1 fully saturated rings. The second-order valence-electron chi connectivity index (χ2n) is 8.44. The van der Waals surface area contributed by atoms with Crippen LogP contribution in [0.1, 0.15) is 17.5 Å². The van der Waals surface area contributed by atoms with E-state index in [9.17, 15) is 14.0 Å². The zero-order chi connectivity index (χ0) is 22.7. The molecule has 2 aliphatic rings. The summed E-state index contributed by atoms with van der Waals surface area (Å²) in [5.41, 5.74) is 2.48. The Labute approximate surface area is 191 Å². The van der Waals surface area contributed by atoms with E-state index in [-0.39, 0.29) is 17.6 Å². The molecular formula is C23H27ClFN5O2. The highest BCUT2D eigenvalue weighted by Crippen LogP contribution is 2.27. The molecule has 1 saturated heterocycles. The van der Waals surface area contributed by atoms with E-state index in [4.69, 9.17) is 11.6 Å². The maximum absolute atomic E-state index is 13.4. The molecule has 9 heteroatoms. The van der Waals surface area contributed by atoms with Gasteiger partial charge in [-0.2, -0.15) is 0 Å². The summed E-state index contributed by atoms with van der Waals surface area (Å²) in [4.78, 5) is 34.6. The van der Waals surface area contributed by atoms with Crippen LogP contribution >= 0.6 is 11.6 Å². The topological polar surface area (TPSA) is 77.6 Å². The van der Waals surface area contributed by atoms with Crippen LogP contribution < -0.4 is 10.6 Å². The highest BCUT2D eigenvalue weighted by atomic mass is 35.5. The Hall–Kier alpha value is -2.71. The number of rotatable bonds is 5. The summed E-state index contributed by atoms with van der Waals surface area (Å²) >= 11 is 5.97. The lowest BCUT2D eigenvalue weighted by molar-refractivity contribution is -0.136. The minimum atomic E-state index is -0.733. The number of amides is 2. The Kier molecular flexibility index (Phi) is 6.91. The van der Waals surface area contributed by atoms with E-state index in [1.165, 1.54) is 12.1 Å². The number of nitrogens with zero attached hydrogens (tertiary/aromatic N) is 3. The molecule has 0 radical (unpaired) electrons. The second kappa shape index (κ2) is 9.83. The van der Waals surface area contributed by atoms with Crippen LogP contribution in [0.3, 0.4) is 0 Å². The van der Waals surface area contributed by atoms with E-state index in [1.54, 1.807) is 24.4 Å². The second-order valence-corrected chi connectivity index (χ2v) is 8.83. The van der Waals surface area contributed by atoms with Gasteiger partial charge in [0.25, 0.3) is 0 Å². The smallest absolute Gasteiger partial charge is 0.245 e. The number of carbonyl (C=O) groups excluding carboxylic acids is 2. The van der Waals surface area contributed by atoms with Crippen molar-refractivity contribution >= 4 is 29.1 Å². The van der Waals surface area contributed by atoms with Gasteiger partial charge in [-0.3, -0.25) is 9.59 Å². The number of fused-ring (bicyclic) bond motifs is 1. The van der Waals surface area contributed by atoms with Crippen LogP contribution in [0, 0.1) is 5.82 Å². The molecule has 2 aliphatic heterocycles. The third-order valence-corrected chi connectivity index (χ3v) is 6.23. The van der Waals surface area contributed by atoms with Gasteiger partial charge in [-0.25, -0.2) is 9.37 Å². The van der Waals surface area contributed by atoms with Crippen molar-refractivity contribution in [1.82, 2.24) is 20.1 Å². The number of nitrogens with one attached hydrogen (secondary N) is 2. The molecule has 2 N–H and O–H groups in total. The first-order valence-electron chi connectivity index (χ1n) is 10.8. The minimum absolute atomic E-state index is 0.113. The van der Waals surface area contributed by atoms with E-state index in [0.717, 1.165) is 36.3 Å². The Morgan fingerprint density at radius 3 is 2.81 bits per heavy atom. The molecule has 1 aromatic carbocycles. The fourth-order valence-electron chi connectivity index (χ4n) is 4.20. The summed E-state index contributed by atoms with van der Waals surface area (Å²) in [5.74, 6) is -0.709. The lowest BCUT2D eigenvalue weighted by atomic mass is 10.0. The SMILES string of the molecule is CN1CCCN(C(=O)[C@H](Cc2ccc(F)cc2)NC(=O)C2Cc3cc(Cl)ncc3N2)CC1. The monoisotopic (exact) mass is 459 g/mol. The molecule has 1 unspecified atom stereocenters. The van der Waals surface area contributed by atoms with E-state index in [2.05, 4.69) is 20.5 Å². The molecule has 2 atom stereocenters. The van der Waals surface area contributed by atoms with Crippen molar-refractivity contribution < 1.29 is 14.0 Å². The molecular weight excluding hydrogens is 433 g/mol. The quantitative estimate of drug-likeness (QED) is 0.670. The maximum Gasteiger partial charge on any atom is 0.245 e. The molecule has 3 heterocycles. The molecule has 1 aromatic heterocycles. The summed E-state index contributed by atoms with van der Waals surface area (Å²) in [7, 11) is 2.04. The van der Waals surface area contributed by atoms with E-state index in [1.807, 2.05) is 11.9 Å². The number of likely N-dealkylation sites (N-methyl/N-ethyl adjacent to an activating group) is 1. The van der Waals surface area contributed by atoms with Crippen molar-refractivity contribution in [3.05, 3.63) is 58.6 Å². The van der Waals surface area contributed by atoms with Crippen LogP contribution in [0.15, 0.2) is 36.5 Å². The van der Waals surface area contributed by atoms with Gasteiger partial charge in [0.1, 0.15) is 23.1 Å². The van der Waals surface area contributed by atoms with Crippen LogP contribution in [-0.2, 0) is 22.4 Å². The molecule has 32 heavy (non-hydrogen) atoms. The molecule has 4 rings (SSSR count). The number of anilines is 1. The van der Waals surface area contributed by atoms with E-state index < -0.39 is 12.1 Å². The summed E-state index contributed by atoms with van der Waals surface area (Å²) in [6.45, 7) is 2.98. The predicted molar refractivity (Wildman–Crippen MR) is 121 cm³/mol. The Morgan fingerprint density at radius 1 is 1.25 bits per heavy atom. The van der Waals surface area contributed by atoms with Crippen LogP contribution in [0.5, 0.6) is 0 Å². The first kappa shape index (κ1) is 22.5. The van der Waals surface area contributed by atoms with E-state index in [0.29, 0.717) is 31.1 Å². The van der Waals surface area contributed by atoms with Crippen LogP contribution in [-0.4, -0.2) is 71.9 Å². The van der Waals surface area contributed by atoms with Crippen molar-refractivity contribution in [1.29, 1.82) is 0 Å². The third-order valence-electron chi connectivity index (χ3n) is 6.03. The van der Waals surface area contributed by atoms with Gasteiger partial charge in [0.05, 0.1) is 11.9 Å². The van der Waals surface area contributed by atoms with Crippen LogP contribution in [0.4, 0.5) is 10.1 Å². The van der Waals surface area contributed by atoms with Gasteiger partial charge in [-0.1, -0.05) is 23.7 Å². The molecule has 7 nitrogen and oxygen atoms in total. The number of benzene rings is 1. The molecule has 0 aliphatic carbocycles. The van der Waals surface area contributed by atoms with E-state index >= 15 is 0 Å². The molecule has 0 bridgehead atoms. The van der Waals surface area contributed by atoms with Crippen LogP contribution in [0.2, 0.25) is 5.15 Å². The zero-order valence-corrected chi connectivity index (χ0v) is 18.7. The zero-order valence-electron chi connectivity index (χ0n) is 18.0. The lowest BCUT2D eigenvalue weighted by Gasteiger charge is -2.28. The minimum Gasteiger partial charge on any atom is -0.372 e. The highest BCUT2D eigenvalue weighted by Gasteiger charge is 2.32.